The Hall–Kier alpha value is -4.06. The molecule has 3 aromatic rings. The molecule has 1 N–H and O–H groups in total. The zero-order valence-electron chi connectivity index (χ0n) is 19.7. The SMILES string of the molecule is CCOc1cc(C2/C(=C(\O)c3ccccc3)C(=O)C(=O)N2c2ccc(C)c(C)c2)ccc1OC. The van der Waals surface area contributed by atoms with Crippen molar-refractivity contribution >= 4 is 23.1 Å². The number of nitrogens with zero attached hydrogens (tertiary/aromatic N) is 1. The molecule has 4 rings (SSSR count). The highest BCUT2D eigenvalue weighted by Gasteiger charge is 2.47. The summed E-state index contributed by atoms with van der Waals surface area (Å²) in [4.78, 5) is 28.1. The lowest BCUT2D eigenvalue weighted by molar-refractivity contribution is -0.132. The minimum Gasteiger partial charge on any atom is -0.507 e. The molecule has 1 atom stereocenters. The van der Waals surface area contributed by atoms with Crippen LogP contribution >= 0.6 is 0 Å². The Morgan fingerprint density at radius 2 is 1.68 bits per heavy atom. The van der Waals surface area contributed by atoms with E-state index in [1.165, 1.54) is 4.90 Å². The van der Waals surface area contributed by atoms with Gasteiger partial charge in [0.05, 0.1) is 25.3 Å². The largest absolute Gasteiger partial charge is 0.507 e. The van der Waals surface area contributed by atoms with E-state index in [9.17, 15) is 14.7 Å². The number of hydrogen-bond donors (Lipinski definition) is 1. The summed E-state index contributed by atoms with van der Waals surface area (Å²) in [5.41, 5.74) is 3.76. The van der Waals surface area contributed by atoms with Crippen LogP contribution in [0, 0.1) is 13.8 Å². The van der Waals surface area contributed by atoms with Gasteiger partial charge in [0.25, 0.3) is 11.7 Å². The van der Waals surface area contributed by atoms with E-state index < -0.39 is 17.7 Å². The second-order valence-corrected chi connectivity index (χ2v) is 8.15. The molecule has 6 heteroatoms. The Morgan fingerprint density at radius 3 is 2.32 bits per heavy atom. The lowest BCUT2D eigenvalue weighted by atomic mass is 9.94. The summed E-state index contributed by atoms with van der Waals surface area (Å²) in [5, 5.41) is 11.2. The number of carbonyl (C=O) groups is 2. The fraction of sp³-hybridized carbons (Fsp3) is 0.214. The van der Waals surface area contributed by atoms with E-state index in [4.69, 9.17) is 9.47 Å². The summed E-state index contributed by atoms with van der Waals surface area (Å²) in [7, 11) is 1.55. The van der Waals surface area contributed by atoms with Crippen LogP contribution in [0.25, 0.3) is 5.76 Å². The third-order valence-corrected chi connectivity index (χ3v) is 6.06. The zero-order chi connectivity index (χ0) is 24.4. The van der Waals surface area contributed by atoms with E-state index in [-0.39, 0.29) is 11.3 Å². The Kier molecular flexibility index (Phi) is 6.41. The number of aliphatic hydroxyl groups is 1. The van der Waals surface area contributed by atoms with Crippen LogP contribution in [0.1, 0.15) is 35.2 Å². The molecule has 1 heterocycles. The van der Waals surface area contributed by atoms with Crippen molar-refractivity contribution in [1.29, 1.82) is 0 Å². The Bertz CT molecular complexity index is 1280. The smallest absolute Gasteiger partial charge is 0.300 e. The first-order valence-corrected chi connectivity index (χ1v) is 11.1. The number of carbonyl (C=O) groups excluding carboxylic acids is 2. The topological polar surface area (TPSA) is 76.1 Å². The maximum atomic E-state index is 13.3. The average Bonchev–Trinajstić information content (AvgIpc) is 3.11. The Labute approximate surface area is 199 Å². The summed E-state index contributed by atoms with van der Waals surface area (Å²) in [6, 6.07) is 18.8. The van der Waals surface area contributed by atoms with Crippen LogP contribution in [-0.4, -0.2) is 30.5 Å². The number of benzene rings is 3. The molecule has 1 fully saturated rings. The van der Waals surface area contributed by atoms with Gasteiger partial charge in [0, 0.05) is 11.3 Å². The second-order valence-electron chi connectivity index (χ2n) is 8.15. The van der Waals surface area contributed by atoms with E-state index in [2.05, 4.69) is 0 Å². The van der Waals surface area contributed by atoms with Crippen molar-refractivity contribution in [3.05, 3.63) is 94.6 Å². The van der Waals surface area contributed by atoms with Crippen LogP contribution in [-0.2, 0) is 9.59 Å². The molecule has 0 bridgehead atoms. The van der Waals surface area contributed by atoms with Gasteiger partial charge in [-0.25, -0.2) is 0 Å². The van der Waals surface area contributed by atoms with Gasteiger partial charge in [0.15, 0.2) is 11.5 Å². The highest BCUT2D eigenvalue weighted by Crippen LogP contribution is 2.44. The standard InChI is InChI=1S/C28H27NO5/c1-5-34-23-16-20(12-14-22(23)33-4)25-24(26(30)19-9-7-6-8-10-19)27(31)28(32)29(25)21-13-11-17(2)18(3)15-21/h6-16,25,30H,5H2,1-4H3/b26-24+. The van der Waals surface area contributed by atoms with Crippen molar-refractivity contribution in [1.82, 2.24) is 0 Å². The molecular weight excluding hydrogens is 430 g/mol. The molecule has 174 valence electrons. The van der Waals surface area contributed by atoms with E-state index in [1.807, 2.05) is 45.0 Å². The Morgan fingerprint density at radius 1 is 0.941 bits per heavy atom. The zero-order valence-corrected chi connectivity index (χ0v) is 19.7. The first-order valence-electron chi connectivity index (χ1n) is 11.1. The number of hydrogen-bond acceptors (Lipinski definition) is 5. The maximum absolute atomic E-state index is 13.3. The number of Topliss-reactive ketones (excluding diaryl/α,β-unsaturated/α-hetero) is 1. The molecule has 1 unspecified atom stereocenters. The molecule has 1 saturated heterocycles. The van der Waals surface area contributed by atoms with E-state index >= 15 is 0 Å². The fourth-order valence-corrected chi connectivity index (χ4v) is 4.17. The normalized spacial score (nSPS) is 17.2. The van der Waals surface area contributed by atoms with Gasteiger partial charge in [-0.3, -0.25) is 14.5 Å². The molecule has 1 amide bonds. The summed E-state index contributed by atoms with van der Waals surface area (Å²) < 4.78 is 11.2. The molecule has 3 aromatic carbocycles. The van der Waals surface area contributed by atoms with Crippen LogP contribution in [0.3, 0.4) is 0 Å². The summed E-state index contributed by atoms with van der Waals surface area (Å²) in [5.74, 6) is -0.619. The molecule has 0 aromatic heterocycles. The van der Waals surface area contributed by atoms with E-state index in [0.717, 1.165) is 11.1 Å². The van der Waals surface area contributed by atoms with Crippen molar-refractivity contribution < 1.29 is 24.2 Å². The molecule has 1 aliphatic rings. The molecule has 0 radical (unpaired) electrons. The van der Waals surface area contributed by atoms with E-state index in [0.29, 0.717) is 34.9 Å². The predicted molar refractivity (Wildman–Crippen MR) is 131 cm³/mol. The molecular formula is C28H27NO5. The first kappa shape index (κ1) is 23.1. The summed E-state index contributed by atoms with van der Waals surface area (Å²) in [6.45, 7) is 6.22. The highest BCUT2D eigenvalue weighted by atomic mass is 16.5. The Balaban J connectivity index is 1.97. The second kappa shape index (κ2) is 9.43. The number of aryl methyl sites for hydroxylation is 2. The van der Waals surface area contributed by atoms with Crippen LogP contribution in [0.5, 0.6) is 11.5 Å². The highest BCUT2D eigenvalue weighted by molar-refractivity contribution is 6.51. The maximum Gasteiger partial charge on any atom is 0.300 e. The molecule has 0 aliphatic carbocycles. The van der Waals surface area contributed by atoms with Crippen LogP contribution < -0.4 is 14.4 Å². The minimum atomic E-state index is -0.840. The number of ether oxygens (including phenoxy) is 2. The van der Waals surface area contributed by atoms with Gasteiger partial charge >= 0.3 is 0 Å². The molecule has 1 aliphatic heterocycles. The van der Waals surface area contributed by atoms with Gasteiger partial charge in [0.2, 0.25) is 0 Å². The quantitative estimate of drug-likeness (QED) is 0.307. The van der Waals surface area contributed by atoms with Gasteiger partial charge in [0.1, 0.15) is 5.76 Å². The van der Waals surface area contributed by atoms with Crippen molar-refractivity contribution in [2.24, 2.45) is 0 Å². The average molecular weight is 458 g/mol. The lowest BCUT2D eigenvalue weighted by Gasteiger charge is -2.26. The number of anilines is 1. The van der Waals surface area contributed by atoms with Gasteiger partial charge in [-0.1, -0.05) is 42.5 Å². The van der Waals surface area contributed by atoms with Crippen molar-refractivity contribution in [2.75, 3.05) is 18.6 Å². The van der Waals surface area contributed by atoms with Crippen LogP contribution in [0.2, 0.25) is 0 Å². The number of rotatable bonds is 6. The fourth-order valence-electron chi connectivity index (χ4n) is 4.17. The van der Waals surface area contributed by atoms with E-state index in [1.54, 1.807) is 49.6 Å². The first-order chi connectivity index (χ1) is 16.4. The number of aliphatic hydroxyl groups excluding tert-OH is 1. The monoisotopic (exact) mass is 457 g/mol. The third-order valence-electron chi connectivity index (χ3n) is 6.06. The summed E-state index contributed by atoms with van der Waals surface area (Å²) >= 11 is 0. The third kappa shape index (κ3) is 4.03. The predicted octanol–water partition coefficient (Wildman–Crippen LogP) is 5.34. The molecule has 6 nitrogen and oxygen atoms in total. The van der Waals surface area contributed by atoms with Gasteiger partial charge in [-0.05, 0) is 61.7 Å². The number of amides is 1. The van der Waals surface area contributed by atoms with Crippen LogP contribution in [0.15, 0.2) is 72.3 Å². The minimum absolute atomic E-state index is 0.0297. The van der Waals surface area contributed by atoms with Gasteiger partial charge in [-0.2, -0.15) is 0 Å². The van der Waals surface area contributed by atoms with Crippen molar-refractivity contribution in [3.63, 3.8) is 0 Å². The lowest BCUT2D eigenvalue weighted by Crippen LogP contribution is -2.29. The van der Waals surface area contributed by atoms with Gasteiger partial charge < -0.3 is 14.6 Å². The van der Waals surface area contributed by atoms with Crippen LogP contribution in [0.4, 0.5) is 5.69 Å². The molecule has 0 saturated carbocycles. The number of methoxy groups -OCH3 is 1. The summed E-state index contributed by atoms with van der Waals surface area (Å²) in [6.07, 6.45) is 0. The van der Waals surface area contributed by atoms with Crippen molar-refractivity contribution in [3.8, 4) is 11.5 Å². The number of ketones is 1. The molecule has 0 spiro atoms. The van der Waals surface area contributed by atoms with Gasteiger partial charge in [-0.15, -0.1) is 0 Å². The van der Waals surface area contributed by atoms with Crippen molar-refractivity contribution in [2.45, 2.75) is 26.8 Å². The molecule has 34 heavy (non-hydrogen) atoms.